The van der Waals surface area contributed by atoms with Crippen molar-refractivity contribution in [2.24, 2.45) is 5.16 Å². The average Bonchev–Trinajstić information content (AvgIpc) is 2.13. The highest BCUT2D eigenvalue weighted by molar-refractivity contribution is 6.44. The van der Waals surface area contributed by atoms with Crippen LogP contribution in [-0.2, 0) is 4.79 Å². The van der Waals surface area contributed by atoms with Crippen molar-refractivity contribution in [3.63, 3.8) is 0 Å². The van der Waals surface area contributed by atoms with Gasteiger partial charge in [0.25, 0.3) is 5.91 Å². The number of nitrogens with one attached hydrogen (secondary N) is 1. The molecular formula is C8H6Cl2N2O2. The molecule has 0 bridgehead atoms. The van der Waals surface area contributed by atoms with Gasteiger partial charge in [-0.2, -0.15) is 0 Å². The highest BCUT2D eigenvalue weighted by atomic mass is 35.5. The summed E-state index contributed by atoms with van der Waals surface area (Å²) in [6.45, 7) is 0. The quantitative estimate of drug-likeness (QED) is 0.468. The lowest BCUT2D eigenvalue weighted by molar-refractivity contribution is -0.110. The second-order valence-corrected chi connectivity index (χ2v) is 3.12. The lowest BCUT2D eigenvalue weighted by Crippen LogP contribution is -2.12. The summed E-state index contributed by atoms with van der Waals surface area (Å²) in [4.78, 5) is 11.0. The van der Waals surface area contributed by atoms with Gasteiger partial charge < -0.3 is 10.5 Å². The van der Waals surface area contributed by atoms with Gasteiger partial charge in [-0.25, -0.2) is 0 Å². The molecule has 1 amide bonds. The fourth-order valence-electron chi connectivity index (χ4n) is 0.818. The fraction of sp³-hybridized carbons (Fsp3) is 0. The third-order valence-electron chi connectivity index (χ3n) is 1.38. The first kappa shape index (κ1) is 10.8. The van der Waals surface area contributed by atoms with E-state index in [9.17, 15) is 4.79 Å². The smallest absolute Gasteiger partial charge is 0.270 e. The number of halogens is 2. The van der Waals surface area contributed by atoms with Crippen molar-refractivity contribution in [3.05, 3.63) is 28.2 Å². The standard InChI is InChI=1S/C8H6Cl2N2O2/c9-5-2-1-3-6(8(5)10)12-7(13)4-11-14/h1-4,14H,(H,12,13)/b11-4-. The number of amides is 1. The molecule has 0 atom stereocenters. The molecule has 0 aliphatic heterocycles. The Balaban J connectivity index is 2.87. The van der Waals surface area contributed by atoms with Crippen LogP contribution >= 0.6 is 23.2 Å². The van der Waals surface area contributed by atoms with Crippen LogP contribution in [0.3, 0.4) is 0 Å². The molecule has 0 heterocycles. The number of benzene rings is 1. The molecule has 0 saturated heterocycles. The first-order chi connectivity index (χ1) is 6.65. The topological polar surface area (TPSA) is 61.7 Å². The van der Waals surface area contributed by atoms with Crippen molar-refractivity contribution in [2.45, 2.75) is 0 Å². The summed E-state index contributed by atoms with van der Waals surface area (Å²) in [5, 5.41) is 13.6. The molecular weight excluding hydrogens is 227 g/mol. The summed E-state index contributed by atoms with van der Waals surface area (Å²) in [7, 11) is 0. The van der Waals surface area contributed by atoms with E-state index in [4.69, 9.17) is 28.4 Å². The number of oxime groups is 1. The number of carbonyl (C=O) groups excluding carboxylic acids is 1. The fourth-order valence-corrected chi connectivity index (χ4v) is 1.17. The van der Waals surface area contributed by atoms with Crippen LogP contribution in [-0.4, -0.2) is 17.3 Å². The maximum Gasteiger partial charge on any atom is 0.270 e. The van der Waals surface area contributed by atoms with E-state index >= 15 is 0 Å². The maximum absolute atomic E-state index is 11.0. The SMILES string of the molecule is O=C(/C=N\O)Nc1cccc(Cl)c1Cl. The van der Waals surface area contributed by atoms with E-state index in [-0.39, 0.29) is 5.02 Å². The summed E-state index contributed by atoms with van der Waals surface area (Å²) in [6, 6.07) is 4.82. The van der Waals surface area contributed by atoms with Crippen LogP contribution in [0.4, 0.5) is 5.69 Å². The molecule has 0 aliphatic rings. The molecule has 0 saturated carbocycles. The molecule has 1 aromatic carbocycles. The first-order valence-corrected chi connectivity index (χ1v) is 4.33. The van der Waals surface area contributed by atoms with Crippen LogP contribution < -0.4 is 5.32 Å². The summed E-state index contributed by atoms with van der Waals surface area (Å²) >= 11 is 11.5. The number of hydrogen-bond acceptors (Lipinski definition) is 3. The molecule has 6 heteroatoms. The highest BCUT2D eigenvalue weighted by Crippen LogP contribution is 2.29. The number of rotatable bonds is 2. The lowest BCUT2D eigenvalue weighted by Gasteiger charge is -2.04. The second-order valence-electron chi connectivity index (χ2n) is 2.34. The van der Waals surface area contributed by atoms with Crippen LogP contribution in [0.15, 0.2) is 23.4 Å². The zero-order valence-corrected chi connectivity index (χ0v) is 8.38. The molecule has 0 aliphatic carbocycles. The Morgan fingerprint density at radius 3 is 2.86 bits per heavy atom. The Hall–Kier alpha value is -1.26. The molecule has 0 aromatic heterocycles. The van der Waals surface area contributed by atoms with Gasteiger partial charge in [-0.15, -0.1) is 0 Å². The Morgan fingerprint density at radius 1 is 1.50 bits per heavy atom. The van der Waals surface area contributed by atoms with Crippen LogP contribution in [0, 0.1) is 0 Å². The van der Waals surface area contributed by atoms with Gasteiger partial charge in [0.05, 0.1) is 15.7 Å². The van der Waals surface area contributed by atoms with Crippen molar-refractivity contribution in [2.75, 3.05) is 5.32 Å². The minimum absolute atomic E-state index is 0.244. The van der Waals surface area contributed by atoms with E-state index in [1.807, 2.05) is 0 Å². The molecule has 74 valence electrons. The Labute approximate surface area is 90.1 Å². The Kier molecular flexibility index (Phi) is 3.73. The van der Waals surface area contributed by atoms with Gasteiger partial charge >= 0.3 is 0 Å². The molecule has 1 aromatic rings. The van der Waals surface area contributed by atoms with Gasteiger partial charge in [0, 0.05) is 0 Å². The van der Waals surface area contributed by atoms with E-state index in [0.29, 0.717) is 10.7 Å². The second kappa shape index (κ2) is 4.83. The first-order valence-electron chi connectivity index (χ1n) is 3.57. The molecule has 4 nitrogen and oxygen atoms in total. The van der Waals surface area contributed by atoms with Crippen LogP contribution in [0.2, 0.25) is 10.0 Å². The monoisotopic (exact) mass is 232 g/mol. The van der Waals surface area contributed by atoms with Crippen molar-refractivity contribution < 1.29 is 10.0 Å². The van der Waals surface area contributed by atoms with E-state index in [1.165, 1.54) is 0 Å². The van der Waals surface area contributed by atoms with Gasteiger partial charge in [0.1, 0.15) is 6.21 Å². The predicted octanol–water partition coefficient (Wildman–Crippen LogP) is 2.39. The third kappa shape index (κ3) is 2.61. The van der Waals surface area contributed by atoms with Gasteiger partial charge in [0.2, 0.25) is 0 Å². The summed E-state index contributed by atoms with van der Waals surface area (Å²) in [6.07, 6.45) is 0.719. The van der Waals surface area contributed by atoms with E-state index in [0.717, 1.165) is 6.21 Å². The molecule has 0 fully saturated rings. The van der Waals surface area contributed by atoms with Crippen molar-refractivity contribution in [1.29, 1.82) is 0 Å². The summed E-state index contributed by atoms with van der Waals surface area (Å²) < 4.78 is 0. The van der Waals surface area contributed by atoms with Gasteiger partial charge in [-0.1, -0.05) is 34.4 Å². The Bertz CT molecular complexity index is 380. The van der Waals surface area contributed by atoms with E-state index in [2.05, 4.69) is 10.5 Å². The van der Waals surface area contributed by atoms with Crippen LogP contribution in [0.5, 0.6) is 0 Å². The highest BCUT2D eigenvalue weighted by Gasteiger charge is 2.06. The number of nitrogens with zero attached hydrogens (tertiary/aromatic N) is 1. The van der Waals surface area contributed by atoms with E-state index in [1.54, 1.807) is 18.2 Å². The molecule has 1 rings (SSSR count). The van der Waals surface area contributed by atoms with Gasteiger partial charge in [-0.3, -0.25) is 4.79 Å². The maximum atomic E-state index is 11.0. The normalized spacial score (nSPS) is 10.4. The van der Waals surface area contributed by atoms with Crippen molar-refractivity contribution >= 4 is 41.0 Å². The molecule has 0 spiro atoms. The van der Waals surface area contributed by atoms with Gasteiger partial charge in [-0.05, 0) is 12.1 Å². The summed E-state index contributed by atoms with van der Waals surface area (Å²) in [5.74, 6) is -0.586. The largest absolute Gasteiger partial charge is 0.411 e. The number of hydrogen-bond donors (Lipinski definition) is 2. The number of anilines is 1. The minimum Gasteiger partial charge on any atom is -0.411 e. The van der Waals surface area contributed by atoms with Crippen LogP contribution in [0.1, 0.15) is 0 Å². The van der Waals surface area contributed by atoms with Crippen molar-refractivity contribution in [1.82, 2.24) is 0 Å². The molecule has 0 unspecified atom stereocenters. The molecule has 0 radical (unpaired) electrons. The predicted molar refractivity (Wildman–Crippen MR) is 55.4 cm³/mol. The lowest BCUT2D eigenvalue weighted by atomic mass is 10.3. The average molecular weight is 233 g/mol. The van der Waals surface area contributed by atoms with Crippen LogP contribution in [0.25, 0.3) is 0 Å². The van der Waals surface area contributed by atoms with Gasteiger partial charge in [0.15, 0.2) is 0 Å². The van der Waals surface area contributed by atoms with Crippen molar-refractivity contribution in [3.8, 4) is 0 Å². The zero-order valence-electron chi connectivity index (χ0n) is 6.87. The Morgan fingerprint density at radius 2 is 2.21 bits per heavy atom. The molecule has 2 N–H and O–H groups in total. The minimum atomic E-state index is -0.586. The molecule has 14 heavy (non-hydrogen) atoms. The zero-order chi connectivity index (χ0) is 10.6. The number of carbonyl (C=O) groups is 1. The summed E-state index contributed by atoms with van der Waals surface area (Å²) in [5.41, 5.74) is 0.365. The third-order valence-corrected chi connectivity index (χ3v) is 2.20. The van der Waals surface area contributed by atoms with E-state index < -0.39 is 5.91 Å².